The third-order valence-corrected chi connectivity index (χ3v) is 3.89. The van der Waals surface area contributed by atoms with E-state index < -0.39 is 5.95 Å². The molecule has 1 aromatic heterocycles. The summed E-state index contributed by atoms with van der Waals surface area (Å²) in [6.07, 6.45) is 10.0. The third kappa shape index (κ3) is 5.14. The van der Waals surface area contributed by atoms with Crippen LogP contribution in [-0.4, -0.2) is 9.97 Å². The lowest BCUT2D eigenvalue weighted by Gasteiger charge is -2.04. The second-order valence-corrected chi connectivity index (χ2v) is 5.72. The maximum absolute atomic E-state index is 13.5. The molecule has 1 aromatic carbocycles. The molecule has 4 heteroatoms. The number of hydrogen-bond acceptors (Lipinski definition) is 3. The van der Waals surface area contributed by atoms with E-state index in [-0.39, 0.29) is 5.56 Å². The summed E-state index contributed by atoms with van der Waals surface area (Å²) in [5, 5.41) is 8.70. The van der Waals surface area contributed by atoms with E-state index in [1.165, 1.54) is 50.3 Å². The number of aryl methyl sites for hydroxylation is 1. The van der Waals surface area contributed by atoms with Gasteiger partial charge in [0.15, 0.2) is 5.82 Å². The Balaban J connectivity index is 1.89. The van der Waals surface area contributed by atoms with Crippen molar-refractivity contribution in [3.8, 4) is 17.5 Å². The molecule has 0 bridgehead atoms. The Hall–Kier alpha value is -2.28. The fourth-order valence-corrected chi connectivity index (χ4v) is 2.51. The fourth-order valence-electron chi connectivity index (χ4n) is 2.51. The number of nitriles is 1. The molecule has 0 N–H and O–H groups in total. The van der Waals surface area contributed by atoms with Gasteiger partial charge < -0.3 is 0 Å². The minimum absolute atomic E-state index is 0.131. The van der Waals surface area contributed by atoms with Gasteiger partial charge in [0.1, 0.15) is 11.6 Å². The summed E-state index contributed by atoms with van der Waals surface area (Å²) in [7, 11) is 0. The van der Waals surface area contributed by atoms with Gasteiger partial charge in [-0.1, -0.05) is 63.3 Å². The van der Waals surface area contributed by atoms with E-state index >= 15 is 0 Å². The zero-order chi connectivity index (χ0) is 16.5. The number of nitrogens with zero attached hydrogens (tertiary/aromatic N) is 3. The van der Waals surface area contributed by atoms with Gasteiger partial charge in [-0.25, -0.2) is 4.98 Å². The summed E-state index contributed by atoms with van der Waals surface area (Å²) in [6, 6.07) is 9.63. The summed E-state index contributed by atoms with van der Waals surface area (Å²) in [4.78, 5) is 7.79. The van der Waals surface area contributed by atoms with Gasteiger partial charge in [-0.2, -0.15) is 14.6 Å². The van der Waals surface area contributed by atoms with Crippen molar-refractivity contribution in [1.29, 1.82) is 5.26 Å². The Morgan fingerprint density at radius 1 is 1.04 bits per heavy atom. The van der Waals surface area contributed by atoms with E-state index in [1.807, 2.05) is 24.3 Å². The number of halogens is 1. The minimum atomic E-state index is -0.770. The molecule has 3 nitrogen and oxygen atoms in total. The van der Waals surface area contributed by atoms with Gasteiger partial charge in [0.2, 0.25) is 5.95 Å². The summed E-state index contributed by atoms with van der Waals surface area (Å²) >= 11 is 0. The maximum Gasteiger partial charge on any atom is 0.234 e. The molecule has 2 aromatic rings. The first-order chi connectivity index (χ1) is 11.2. The van der Waals surface area contributed by atoms with Crippen LogP contribution in [0, 0.1) is 17.3 Å². The van der Waals surface area contributed by atoms with E-state index in [9.17, 15) is 4.39 Å². The number of unbranched alkanes of at least 4 members (excludes halogenated alkanes) is 5. The molecule has 0 amide bonds. The van der Waals surface area contributed by atoms with Crippen LogP contribution in [0.25, 0.3) is 11.4 Å². The molecule has 0 atom stereocenters. The zero-order valence-corrected chi connectivity index (χ0v) is 13.6. The minimum Gasteiger partial charge on any atom is -0.235 e. The lowest BCUT2D eigenvalue weighted by Crippen LogP contribution is -1.96. The Morgan fingerprint density at radius 3 is 2.39 bits per heavy atom. The van der Waals surface area contributed by atoms with Gasteiger partial charge >= 0.3 is 0 Å². The van der Waals surface area contributed by atoms with Crippen molar-refractivity contribution in [3.05, 3.63) is 47.5 Å². The van der Waals surface area contributed by atoms with Crippen molar-refractivity contribution >= 4 is 0 Å². The highest BCUT2D eigenvalue weighted by Gasteiger charge is 2.07. The second-order valence-electron chi connectivity index (χ2n) is 5.72. The quantitative estimate of drug-likeness (QED) is 0.506. The van der Waals surface area contributed by atoms with E-state index in [2.05, 4.69) is 16.9 Å². The van der Waals surface area contributed by atoms with Crippen molar-refractivity contribution in [2.75, 3.05) is 0 Å². The molecular weight excluding hydrogens is 289 g/mol. The molecule has 1 heterocycles. The predicted octanol–water partition coefficient (Wildman–Crippen LogP) is 5.06. The first-order valence-corrected chi connectivity index (χ1v) is 8.26. The average Bonchev–Trinajstić information content (AvgIpc) is 2.58. The molecular formula is C19H22FN3. The maximum atomic E-state index is 13.5. The topological polar surface area (TPSA) is 49.6 Å². The third-order valence-electron chi connectivity index (χ3n) is 3.89. The smallest absolute Gasteiger partial charge is 0.234 e. The van der Waals surface area contributed by atoms with Gasteiger partial charge in [-0.3, -0.25) is 0 Å². The second kappa shape index (κ2) is 8.99. The Labute approximate surface area is 137 Å². The van der Waals surface area contributed by atoms with Crippen LogP contribution in [0.5, 0.6) is 0 Å². The lowest BCUT2D eigenvalue weighted by atomic mass is 10.0. The summed E-state index contributed by atoms with van der Waals surface area (Å²) in [5.74, 6) is -0.457. The Kier molecular flexibility index (Phi) is 6.68. The molecule has 0 saturated carbocycles. The number of aromatic nitrogens is 2. The predicted molar refractivity (Wildman–Crippen MR) is 89.2 cm³/mol. The molecule has 0 aliphatic rings. The normalized spacial score (nSPS) is 10.5. The van der Waals surface area contributed by atoms with Gasteiger partial charge in [-0.15, -0.1) is 0 Å². The van der Waals surface area contributed by atoms with Crippen LogP contribution in [-0.2, 0) is 6.42 Å². The molecule has 0 radical (unpaired) electrons. The van der Waals surface area contributed by atoms with Gasteiger partial charge in [0.05, 0.1) is 6.20 Å². The van der Waals surface area contributed by atoms with Crippen molar-refractivity contribution in [2.45, 2.75) is 51.9 Å². The fraction of sp³-hybridized carbons (Fsp3) is 0.421. The molecule has 23 heavy (non-hydrogen) atoms. The van der Waals surface area contributed by atoms with Crippen LogP contribution in [0.15, 0.2) is 30.5 Å². The van der Waals surface area contributed by atoms with Gasteiger partial charge in [0, 0.05) is 5.56 Å². The molecule has 0 aliphatic carbocycles. The summed E-state index contributed by atoms with van der Waals surface area (Å²) < 4.78 is 13.5. The first-order valence-electron chi connectivity index (χ1n) is 8.26. The van der Waals surface area contributed by atoms with E-state index in [0.29, 0.717) is 5.82 Å². The highest BCUT2D eigenvalue weighted by atomic mass is 19.1. The van der Waals surface area contributed by atoms with Crippen LogP contribution in [0.4, 0.5) is 4.39 Å². The van der Waals surface area contributed by atoms with Crippen molar-refractivity contribution < 1.29 is 4.39 Å². The Bertz CT molecular complexity index is 659. The van der Waals surface area contributed by atoms with Crippen LogP contribution in [0.3, 0.4) is 0 Å². The first kappa shape index (κ1) is 17.1. The van der Waals surface area contributed by atoms with E-state index in [1.54, 1.807) is 6.07 Å². The monoisotopic (exact) mass is 311 g/mol. The SMILES string of the molecule is CCCCCCCCc1ccc(-c2ncc(C#N)c(F)n2)cc1. The van der Waals surface area contributed by atoms with Gasteiger partial charge in [0.25, 0.3) is 0 Å². The summed E-state index contributed by atoms with van der Waals surface area (Å²) in [6.45, 7) is 2.23. The molecule has 0 saturated heterocycles. The van der Waals surface area contributed by atoms with Crippen molar-refractivity contribution in [1.82, 2.24) is 9.97 Å². The Morgan fingerprint density at radius 2 is 1.74 bits per heavy atom. The van der Waals surface area contributed by atoms with Crippen LogP contribution in [0.1, 0.15) is 56.6 Å². The van der Waals surface area contributed by atoms with Gasteiger partial charge in [-0.05, 0) is 18.4 Å². The number of rotatable bonds is 8. The number of benzene rings is 1. The summed E-state index contributed by atoms with van der Waals surface area (Å²) in [5.41, 5.74) is 1.91. The standard InChI is InChI=1S/C19H22FN3/c1-2-3-4-5-6-7-8-15-9-11-16(12-10-15)19-22-14-17(13-21)18(20)23-19/h9-12,14H,2-8H2,1H3. The van der Waals surface area contributed by atoms with Crippen LogP contribution in [0.2, 0.25) is 0 Å². The largest absolute Gasteiger partial charge is 0.235 e. The lowest BCUT2D eigenvalue weighted by molar-refractivity contribution is 0.577. The molecule has 0 spiro atoms. The molecule has 120 valence electrons. The van der Waals surface area contributed by atoms with Crippen LogP contribution < -0.4 is 0 Å². The molecule has 2 rings (SSSR count). The number of hydrogen-bond donors (Lipinski definition) is 0. The molecule has 0 fully saturated rings. The van der Waals surface area contributed by atoms with Crippen LogP contribution >= 0.6 is 0 Å². The zero-order valence-electron chi connectivity index (χ0n) is 13.6. The van der Waals surface area contributed by atoms with E-state index in [4.69, 9.17) is 5.26 Å². The highest BCUT2D eigenvalue weighted by molar-refractivity contribution is 5.55. The highest BCUT2D eigenvalue weighted by Crippen LogP contribution is 2.18. The van der Waals surface area contributed by atoms with Crippen molar-refractivity contribution in [3.63, 3.8) is 0 Å². The van der Waals surface area contributed by atoms with Crippen molar-refractivity contribution in [2.24, 2.45) is 0 Å². The average molecular weight is 311 g/mol. The molecule has 0 aliphatic heterocycles. The molecule has 0 unspecified atom stereocenters. The van der Waals surface area contributed by atoms with E-state index in [0.717, 1.165) is 12.0 Å².